The van der Waals surface area contributed by atoms with Gasteiger partial charge in [0.2, 0.25) is 11.8 Å². The van der Waals surface area contributed by atoms with Gasteiger partial charge in [-0.15, -0.1) is 0 Å². The topological polar surface area (TPSA) is 66.5 Å². The Morgan fingerprint density at radius 1 is 0.903 bits per heavy atom. The number of para-hydroxylation sites is 1. The van der Waals surface area contributed by atoms with Crippen molar-refractivity contribution in [2.75, 3.05) is 10.2 Å². The Labute approximate surface area is 181 Å². The molecule has 0 aromatic heterocycles. The largest absolute Gasteiger partial charge is 0.322 e. The molecule has 1 aliphatic heterocycles. The number of imide groups is 1. The molecule has 2 aromatic rings. The van der Waals surface area contributed by atoms with Crippen LogP contribution in [0.2, 0.25) is 0 Å². The first-order valence-electron chi connectivity index (χ1n) is 11.0. The second-order valence-corrected chi connectivity index (χ2v) is 9.44. The molecular formula is C26H24N2O3. The average molecular weight is 412 g/mol. The zero-order chi connectivity index (χ0) is 21.4. The van der Waals surface area contributed by atoms with Gasteiger partial charge in [-0.3, -0.25) is 14.4 Å². The van der Waals surface area contributed by atoms with Gasteiger partial charge in [-0.05, 0) is 79.3 Å². The third kappa shape index (κ3) is 2.59. The minimum Gasteiger partial charge on any atom is -0.322 e. The van der Waals surface area contributed by atoms with Crippen LogP contribution in [0.3, 0.4) is 0 Å². The van der Waals surface area contributed by atoms with E-state index in [2.05, 4.69) is 17.5 Å². The van der Waals surface area contributed by atoms with Gasteiger partial charge in [0.1, 0.15) is 0 Å². The van der Waals surface area contributed by atoms with Crippen LogP contribution in [0, 0.1) is 49.4 Å². The van der Waals surface area contributed by atoms with Gasteiger partial charge in [0.15, 0.2) is 0 Å². The lowest BCUT2D eigenvalue weighted by atomic mass is 9.63. The molecule has 2 bridgehead atoms. The normalized spacial score (nSPS) is 32.1. The molecule has 156 valence electrons. The first-order chi connectivity index (χ1) is 15.0. The van der Waals surface area contributed by atoms with Gasteiger partial charge in [0.25, 0.3) is 5.91 Å². The van der Waals surface area contributed by atoms with Crippen molar-refractivity contribution in [2.24, 2.45) is 35.5 Å². The number of allylic oxidation sites excluding steroid dienone is 2. The number of amides is 3. The SMILES string of the molecule is Cc1ccc(NC(=O)c2ccccc2N2C(=O)[C@@H]3[C@@H]4C=C[C@H]([C@H]5C[C@@H]45)[C@@H]3C2=O)cc1C. The van der Waals surface area contributed by atoms with Crippen molar-refractivity contribution in [2.45, 2.75) is 20.3 Å². The highest BCUT2D eigenvalue weighted by Crippen LogP contribution is 2.65. The van der Waals surface area contributed by atoms with Crippen LogP contribution in [-0.4, -0.2) is 17.7 Å². The summed E-state index contributed by atoms with van der Waals surface area (Å²) in [5, 5.41) is 2.93. The molecule has 5 nitrogen and oxygen atoms in total. The molecule has 7 rings (SSSR count). The molecule has 0 unspecified atom stereocenters. The molecule has 5 aliphatic rings. The maximum Gasteiger partial charge on any atom is 0.257 e. The lowest BCUT2D eigenvalue weighted by Gasteiger charge is -2.37. The second kappa shape index (κ2) is 6.39. The van der Waals surface area contributed by atoms with E-state index < -0.39 is 0 Å². The maximum absolute atomic E-state index is 13.5. The molecule has 31 heavy (non-hydrogen) atoms. The molecule has 3 amide bonds. The zero-order valence-electron chi connectivity index (χ0n) is 17.5. The van der Waals surface area contributed by atoms with E-state index in [1.54, 1.807) is 24.3 Å². The summed E-state index contributed by atoms with van der Waals surface area (Å²) >= 11 is 0. The quantitative estimate of drug-likeness (QED) is 0.609. The van der Waals surface area contributed by atoms with Gasteiger partial charge >= 0.3 is 0 Å². The molecule has 1 heterocycles. The fraction of sp³-hybridized carbons (Fsp3) is 0.346. The Morgan fingerprint density at radius 2 is 1.55 bits per heavy atom. The number of carbonyl (C=O) groups excluding carboxylic acids is 3. The maximum atomic E-state index is 13.5. The Bertz CT molecular complexity index is 1150. The van der Waals surface area contributed by atoms with E-state index in [4.69, 9.17) is 0 Å². The van der Waals surface area contributed by atoms with Crippen LogP contribution in [-0.2, 0) is 9.59 Å². The van der Waals surface area contributed by atoms with Crippen molar-refractivity contribution < 1.29 is 14.4 Å². The molecule has 1 saturated heterocycles. The highest BCUT2D eigenvalue weighted by atomic mass is 16.2. The van der Waals surface area contributed by atoms with Gasteiger partial charge in [-0.1, -0.05) is 30.4 Å². The Morgan fingerprint density at radius 3 is 2.19 bits per heavy atom. The lowest BCUT2D eigenvalue weighted by molar-refractivity contribution is -0.124. The Balaban J connectivity index is 1.34. The monoisotopic (exact) mass is 412 g/mol. The molecule has 5 heteroatoms. The van der Waals surface area contributed by atoms with Crippen LogP contribution >= 0.6 is 0 Å². The minimum atomic E-state index is -0.321. The first kappa shape index (κ1) is 18.6. The van der Waals surface area contributed by atoms with E-state index in [1.165, 1.54) is 4.90 Å². The fourth-order valence-electron chi connectivity index (χ4n) is 6.07. The number of nitrogens with zero attached hydrogens (tertiary/aromatic N) is 1. The summed E-state index contributed by atoms with van der Waals surface area (Å²) in [5.41, 5.74) is 3.66. The summed E-state index contributed by atoms with van der Waals surface area (Å²) in [6, 6.07) is 12.7. The summed E-state index contributed by atoms with van der Waals surface area (Å²) < 4.78 is 0. The van der Waals surface area contributed by atoms with Crippen LogP contribution < -0.4 is 10.2 Å². The van der Waals surface area contributed by atoms with Crippen LogP contribution in [0.1, 0.15) is 27.9 Å². The molecule has 4 aliphatic carbocycles. The smallest absolute Gasteiger partial charge is 0.257 e. The summed E-state index contributed by atoms with van der Waals surface area (Å²) in [5.74, 6) is 0.267. The Hall–Kier alpha value is -3.21. The molecule has 2 aromatic carbocycles. The van der Waals surface area contributed by atoms with Gasteiger partial charge in [-0.2, -0.15) is 0 Å². The standard InChI is InChI=1S/C26H24N2O3/c1-13-7-8-15(11-14(13)2)27-24(29)18-5-3-4-6-21(18)28-25(30)22-16-9-10-17(20-12-19(16)20)23(22)26(28)31/h3-11,16-17,19-20,22-23H,12H2,1-2H3,(H,27,29)/t16-,17-,19-,20+,22+,23-/m1/s1. The number of aryl methyl sites for hydroxylation is 2. The molecule has 0 radical (unpaired) electrons. The predicted molar refractivity (Wildman–Crippen MR) is 118 cm³/mol. The van der Waals surface area contributed by atoms with Crippen molar-refractivity contribution in [3.63, 3.8) is 0 Å². The van der Waals surface area contributed by atoms with Crippen LogP contribution in [0.15, 0.2) is 54.6 Å². The van der Waals surface area contributed by atoms with Gasteiger partial charge in [-0.25, -0.2) is 4.90 Å². The van der Waals surface area contributed by atoms with E-state index in [1.807, 2.05) is 32.0 Å². The van der Waals surface area contributed by atoms with Gasteiger partial charge < -0.3 is 5.32 Å². The number of rotatable bonds is 3. The third-order valence-electron chi connectivity index (χ3n) is 7.82. The van der Waals surface area contributed by atoms with Crippen molar-refractivity contribution in [1.29, 1.82) is 0 Å². The Kier molecular flexibility index (Phi) is 3.83. The highest BCUT2D eigenvalue weighted by molar-refractivity contribution is 6.25. The summed E-state index contributed by atoms with van der Waals surface area (Å²) in [4.78, 5) is 41.4. The highest BCUT2D eigenvalue weighted by Gasteiger charge is 2.67. The molecule has 1 N–H and O–H groups in total. The van der Waals surface area contributed by atoms with E-state index in [0.29, 0.717) is 28.8 Å². The number of carbonyl (C=O) groups is 3. The molecule has 2 saturated carbocycles. The van der Waals surface area contributed by atoms with Gasteiger partial charge in [0, 0.05) is 5.69 Å². The van der Waals surface area contributed by atoms with Crippen molar-refractivity contribution >= 4 is 29.1 Å². The predicted octanol–water partition coefficient (Wildman–Crippen LogP) is 4.11. The summed E-state index contributed by atoms with van der Waals surface area (Å²) in [7, 11) is 0. The van der Waals surface area contributed by atoms with E-state index >= 15 is 0 Å². The molecule has 3 fully saturated rings. The number of benzene rings is 2. The lowest BCUT2D eigenvalue weighted by Crippen LogP contribution is -2.40. The number of hydrogen-bond acceptors (Lipinski definition) is 3. The summed E-state index contributed by atoms with van der Waals surface area (Å²) in [6.07, 6.45) is 5.45. The van der Waals surface area contributed by atoms with E-state index in [9.17, 15) is 14.4 Å². The van der Waals surface area contributed by atoms with E-state index in [0.717, 1.165) is 17.5 Å². The third-order valence-corrected chi connectivity index (χ3v) is 7.82. The second-order valence-electron chi connectivity index (χ2n) is 9.44. The molecular weight excluding hydrogens is 388 g/mol. The van der Waals surface area contributed by atoms with Gasteiger partial charge in [0.05, 0.1) is 23.1 Å². The molecule has 6 atom stereocenters. The number of hydrogen-bond donors (Lipinski definition) is 1. The van der Waals surface area contributed by atoms with E-state index in [-0.39, 0.29) is 41.4 Å². The van der Waals surface area contributed by atoms with Crippen molar-refractivity contribution in [3.8, 4) is 0 Å². The first-order valence-corrected chi connectivity index (χ1v) is 11.0. The summed E-state index contributed by atoms with van der Waals surface area (Å²) in [6.45, 7) is 4.02. The van der Waals surface area contributed by atoms with Crippen molar-refractivity contribution in [3.05, 3.63) is 71.3 Å². The van der Waals surface area contributed by atoms with Crippen LogP contribution in [0.5, 0.6) is 0 Å². The van der Waals surface area contributed by atoms with Crippen molar-refractivity contribution in [1.82, 2.24) is 0 Å². The molecule has 0 spiro atoms. The van der Waals surface area contributed by atoms with Crippen LogP contribution in [0.4, 0.5) is 11.4 Å². The minimum absolute atomic E-state index is 0.147. The fourth-order valence-corrected chi connectivity index (χ4v) is 6.07. The zero-order valence-corrected chi connectivity index (χ0v) is 17.5. The number of nitrogens with one attached hydrogen (secondary N) is 1. The average Bonchev–Trinajstić information content (AvgIpc) is 3.54. The van der Waals surface area contributed by atoms with Crippen LogP contribution in [0.25, 0.3) is 0 Å². The number of anilines is 2.